The van der Waals surface area contributed by atoms with Gasteiger partial charge in [-0.1, -0.05) is 18.7 Å². The molecule has 0 aliphatic rings. The molecule has 0 saturated heterocycles. The first-order chi connectivity index (χ1) is 9.97. The molecule has 0 aliphatic carbocycles. The molecule has 0 heterocycles. The van der Waals surface area contributed by atoms with E-state index in [0.29, 0.717) is 6.29 Å². The van der Waals surface area contributed by atoms with Crippen molar-refractivity contribution in [1.82, 2.24) is 0 Å². The van der Waals surface area contributed by atoms with Crippen LogP contribution in [0.5, 0.6) is 0 Å². The third-order valence-corrected chi connectivity index (χ3v) is 2.37. The Morgan fingerprint density at radius 2 is 1.71 bits per heavy atom. The van der Waals surface area contributed by atoms with Crippen LogP contribution in [0.4, 0.5) is 0 Å². The summed E-state index contributed by atoms with van der Waals surface area (Å²) in [6, 6.07) is 5.76. The molecule has 1 aromatic rings. The standard InChI is InChI=1S/C15H14O6/c1-10(2)13(17)21-15(19)12-7-4-3-6-11(12)14(18)20-9-5-8-16/h3-4,6-8H,1,5,9H2,2H3. The summed E-state index contributed by atoms with van der Waals surface area (Å²) >= 11 is 0. The summed E-state index contributed by atoms with van der Waals surface area (Å²) in [5, 5.41) is 0. The van der Waals surface area contributed by atoms with Gasteiger partial charge in [-0.3, -0.25) is 0 Å². The van der Waals surface area contributed by atoms with Gasteiger partial charge >= 0.3 is 17.9 Å². The second-order valence-corrected chi connectivity index (χ2v) is 4.09. The number of carbonyl (C=O) groups excluding carboxylic acids is 4. The highest BCUT2D eigenvalue weighted by Gasteiger charge is 2.21. The van der Waals surface area contributed by atoms with Crippen LogP contribution in [0.15, 0.2) is 36.4 Å². The van der Waals surface area contributed by atoms with Crippen molar-refractivity contribution in [2.75, 3.05) is 6.61 Å². The van der Waals surface area contributed by atoms with Crippen molar-refractivity contribution in [2.24, 2.45) is 0 Å². The van der Waals surface area contributed by atoms with Gasteiger partial charge in [0.05, 0.1) is 17.7 Å². The smallest absolute Gasteiger partial charge is 0.346 e. The average molecular weight is 290 g/mol. The first kappa shape index (κ1) is 16.3. The Bertz CT molecular complexity index is 588. The first-order valence-corrected chi connectivity index (χ1v) is 6.09. The molecule has 0 unspecified atom stereocenters. The zero-order chi connectivity index (χ0) is 15.8. The lowest BCUT2D eigenvalue weighted by Crippen LogP contribution is -2.17. The van der Waals surface area contributed by atoms with E-state index in [0.717, 1.165) is 0 Å². The summed E-state index contributed by atoms with van der Waals surface area (Å²) < 4.78 is 9.40. The summed E-state index contributed by atoms with van der Waals surface area (Å²) in [4.78, 5) is 45.2. The van der Waals surface area contributed by atoms with Gasteiger partial charge in [0, 0.05) is 12.0 Å². The molecule has 1 aromatic carbocycles. The van der Waals surface area contributed by atoms with Gasteiger partial charge in [0.15, 0.2) is 0 Å². The number of aldehydes is 1. The normalized spacial score (nSPS) is 9.57. The molecule has 6 heteroatoms. The Morgan fingerprint density at radius 1 is 1.14 bits per heavy atom. The van der Waals surface area contributed by atoms with E-state index in [1.165, 1.54) is 31.2 Å². The number of esters is 3. The van der Waals surface area contributed by atoms with Gasteiger partial charge in [0.1, 0.15) is 6.29 Å². The van der Waals surface area contributed by atoms with E-state index in [1.807, 2.05) is 0 Å². The Hall–Kier alpha value is -2.76. The quantitative estimate of drug-likeness (QED) is 0.260. The number of benzene rings is 1. The maximum absolute atomic E-state index is 11.9. The Kier molecular flexibility index (Phi) is 6.00. The molecule has 0 bridgehead atoms. The predicted molar refractivity (Wildman–Crippen MR) is 72.6 cm³/mol. The van der Waals surface area contributed by atoms with Crippen molar-refractivity contribution in [2.45, 2.75) is 13.3 Å². The van der Waals surface area contributed by atoms with Crippen LogP contribution >= 0.6 is 0 Å². The van der Waals surface area contributed by atoms with Gasteiger partial charge in [-0.05, 0) is 19.1 Å². The zero-order valence-corrected chi connectivity index (χ0v) is 11.5. The van der Waals surface area contributed by atoms with E-state index in [-0.39, 0.29) is 29.7 Å². The summed E-state index contributed by atoms with van der Waals surface area (Å²) in [7, 11) is 0. The molecule has 0 atom stereocenters. The molecule has 0 radical (unpaired) electrons. The van der Waals surface area contributed by atoms with E-state index in [9.17, 15) is 19.2 Å². The van der Waals surface area contributed by atoms with Gasteiger partial charge in [-0.15, -0.1) is 0 Å². The Labute approximate surface area is 121 Å². The highest BCUT2D eigenvalue weighted by atomic mass is 16.6. The monoisotopic (exact) mass is 290 g/mol. The summed E-state index contributed by atoms with van der Waals surface area (Å²) in [5.41, 5.74) is -0.0690. The maximum Gasteiger partial charge on any atom is 0.346 e. The highest BCUT2D eigenvalue weighted by Crippen LogP contribution is 2.13. The van der Waals surface area contributed by atoms with Gasteiger partial charge in [0.25, 0.3) is 0 Å². The summed E-state index contributed by atoms with van der Waals surface area (Å²) in [6.45, 7) is 4.67. The second kappa shape index (κ2) is 7.74. The number of hydrogen-bond donors (Lipinski definition) is 0. The molecular formula is C15H14O6. The highest BCUT2D eigenvalue weighted by molar-refractivity contribution is 6.07. The van der Waals surface area contributed by atoms with Crippen molar-refractivity contribution in [3.05, 3.63) is 47.5 Å². The molecule has 0 aromatic heterocycles. The molecule has 0 fully saturated rings. The predicted octanol–water partition coefficient (Wildman–Crippen LogP) is 1.69. The maximum atomic E-state index is 11.9. The second-order valence-electron chi connectivity index (χ2n) is 4.09. The van der Waals surface area contributed by atoms with Crippen molar-refractivity contribution >= 4 is 24.2 Å². The van der Waals surface area contributed by atoms with E-state index in [2.05, 4.69) is 11.3 Å². The van der Waals surface area contributed by atoms with Gasteiger partial charge in [-0.25, -0.2) is 14.4 Å². The largest absolute Gasteiger partial charge is 0.462 e. The molecule has 0 amide bonds. The van der Waals surface area contributed by atoms with Crippen molar-refractivity contribution in [3.8, 4) is 0 Å². The van der Waals surface area contributed by atoms with Crippen LogP contribution in [0.2, 0.25) is 0 Å². The van der Waals surface area contributed by atoms with Gasteiger partial charge < -0.3 is 14.3 Å². The molecule has 0 aliphatic heterocycles. The van der Waals surface area contributed by atoms with Crippen LogP contribution in [0, 0.1) is 0 Å². The molecule has 0 saturated carbocycles. The van der Waals surface area contributed by atoms with Crippen molar-refractivity contribution in [3.63, 3.8) is 0 Å². The molecule has 6 nitrogen and oxygen atoms in total. The fourth-order valence-corrected chi connectivity index (χ4v) is 1.34. The van der Waals surface area contributed by atoms with Crippen LogP contribution < -0.4 is 0 Å². The molecule has 110 valence electrons. The number of hydrogen-bond acceptors (Lipinski definition) is 6. The third kappa shape index (κ3) is 4.68. The summed E-state index contributed by atoms with van der Waals surface area (Å²) in [6.07, 6.45) is 0.672. The fourth-order valence-electron chi connectivity index (χ4n) is 1.34. The van der Waals surface area contributed by atoms with E-state index in [1.54, 1.807) is 0 Å². The zero-order valence-electron chi connectivity index (χ0n) is 11.5. The first-order valence-electron chi connectivity index (χ1n) is 6.09. The average Bonchev–Trinajstić information content (AvgIpc) is 2.47. The lowest BCUT2D eigenvalue weighted by atomic mass is 10.1. The van der Waals surface area contributed by atoms with Crippen LogP contribution in [0.25, 0.3) is 0 Å². The van der Waals surface area contributed by atoms with Crippen LogP contribution in [-0.2, 0) is 19.1 Å². The van der Waals surface area contributed by atoms with Crippen LogP contribution in [0.3, 0.4) is 0 Å². The molecule has 1 rings (SSSR count). The minimum atomic E-state index is -0.967. The van der Waals surface area contributed by atoms with Crippen LogP contribution in [0.1, 0.15) is 34.1 Å². The van der Waals surface area contributed by atoms with E-state index >= 15 is 0 Å². The fraction of sp³-hybridized carbons (Fsp3) is 0.200. The topological polar surface area (TPSA) is 86.7 Å². The lowest BCUT2D eigenvalue weighted by molar-refractivity contribution is -0.133. The summed E-state index contributed by atoms with van der Waals surface area (Å²) in [5.74, 6) is -2.61. The minimum Gasteiger partial charge on any atom is -0.462 e. The molecular weight excluding hydrogens is 276 g/mol. The molecule has 21 heavy (non-hydrogen) atoms. The Morgan fingerprint density at radius 3 is 2.24 bits per heavy atom. The van der Waals surface area contributed by atoms with E-state index < -0.39 is 17.9 Å². The Balaban J connectivity index is 2.90. The molecule has 0 N–H and O–H groups in total. The SMILES string of the molecule is C=C(C)C(=O)OC(=O)c1ccccc1C(=O)OCCC=O. The number of carbonyl (C=O) groups is 4. The van der Waals surface area contributed by atoms with Crippen LogP contribution in [-0.4, -0.2) is 30.8 Å². The van der Waals surface area contributed by atoms with E-state index in [4.69, 9.17) is 4.74 Å². The number of rotatable bonds is 6. The van der Waals surface area contributed by atoms with Crippen molar-refractivity contribution in [1.29, 1.82) is 0 Å². The minimum absolute atomic E-state index is 0.0390. The van der Waals surface area contributed by atoms with Gasteiger partial charge in [-0.2, -0.15) is 0 Å². The number of ether oxygens (including phenoxy) is 2. The van der Waals surface area contributed by atoms with Crippen molar-refractivity contribution < 1.29 is 28.7 Å². The lowest BCUT2D eigenvalue weighted by Gasteiger charge is -2.08. The third-order valence-electron chi connectivity index (χ3n) is 2.37. The van der Waals surface area contributed by atoms with Gasteiger partial charge in [0.2, 0.25) is 0 Å². The molecule has 0 spiro atoms.